The summed E-state index contributed by atoms with van der Waals surface area (Å²) >= 11 is 0. The van der Waals surface area contributed by atoms with Crippen molar-refractivity contribution in [3.05, 3.63) is 70.7 Å². The van der Waals surface area contributed by atoms with Crippen molar-refractivity contribution in [3.63, 3.8) is 0 Å². The number of benzene rings is 1. The maximum atomic E-state index is 12.9. The molecule has 8 heteroatoms. The van der Waals surface area contributed by atoms with Gasteiger partial charge in [-0.3, -0.25) is 14.1 Å². The lowest BCUT2D eigenvalue weighted by molar-refractivity contribution is 0.558. The summed E-state index contributed by atoms with van der Waals surface area (Å²) in [4.78, 5) is 17.6. The van der Waals surface area contributed by atoms with Crippen LogP contribution in [-0.2, 0) is 13.0 Å². The molecular weight excluding hydrogens is 390 g/mol. The van der Waals surface area contributed by atoms with Gasteiger partial charge >= 0.3 is 5.69 Å². The topological polar surface area (TPSA) is 94.3 Å². The molecule has 0 unspecified atom stereocenters. The molecule has 1 N–H and O–H groups in total. The summed E-state index contributed by atoms with van der Waals surface area (Å²) in [6.07, 6.45) is 6.88. The van der Waals surface area contributed by atoms with E-state index >= 15 is 0 Å². The van der Waals surface area contributed by atoms with Gasteiger partial charge in [-0.1, -0.05) is 43.7 Å². The molecule has 0 radical (unpaired) electrons. The van der Waals surface area contributed by atoms with E-state index in [4.69, 9.17) is 0 Å². The number of unbranched alkanes of at least 4 members (excludes halogenated alkanes) is 1. The molecule has 0 saturated carbocycles. The summed E-state index contributed by atoms with van der Waals surface area (Å²) in [5, 5.41) is 14.2. The highest BCUT2D eigenvalue weighted by atomic mass is 16.1. The molecule has 0 aliphatic heterocycles. The minimum absolute atomic E-state index is 0.0233. The normalized spacial score (nSPS) is 11.4. The lowest BCUT2D eigenvalue weighted by atomic mass is 10.0. The van der Waals surface area contributed by atoms with Gasteiger partial charge in [0, 0.05) is 35.3 Å². The molecule has 0 aliphatic carbocycles. The standard InChI is InChI=1S/C23H27N7O/c1-4-5-8-19-15-29(16(2)3)23(31)30(19)14-18-12-11-17(13-24-18)20-9-6-7-10-21(20)22-25-27-28-26-22/h6-7,9-13,15-16H,4-5,8,14H2,1-3H3,(H,25,26,27,28). The third-order valence-corrected chi connectivity index (χ3v) is 5.41. The summed E-state index contributed by atoms with van der Waals surface area (Å²) in [6, 6.07) is 12.1. The van der Waals surface area contributed by atoms with Gasteiger partial charge in [-0.15, -0.1) is 5.10 Å². The largest absolute Gasteiger partial charge is 0.328 e. The van der Waals surface area contributed by atoms with Crippen LogP contribution in [0.25, 0.3) is 22.5 Å². The fourth-order valence-electron chi connectivity index (χ4n) is 3.70. The molecule has 4 rings (SSSR count). The van der Waals surface area contributed by atoms with Gasteiger partial charge in [0.15, 0.2) is 5.82 Å². The van der Waals surface area contributed by atoms with Crippen molar-refractivity contribution in [1.82, 2.24) is 34.7 Å². The molecule has 0 fully saturated rings. The van der Waals surface area contributed by atoms with Crippen LogP contribution < -0.4 is 5.69 Å². The summed E-state index contributed by atoms with van der Waals surface area (Å²) in [7, 11) is 0. The number of imidazole rings is 1. The van der Waals surface area contributed by atoms with Gasteiger partial charge in [-0.05, 0) is 48.7 Å². The Kier molecular flexibility index (Phi) is 6.06. The summed E-state index contributed by atoms with van der Waals surface area (Å²) in [5.74, 6) is 0.613. The van der Waals surface area contributed by atoms with Crippen molar-refractivity contribution >= 4 is 0 Å². The molecule has 3 aromatic heterocycles. The van der Waals surface area contributed by atoms with E-state index in [0.29, 0.717) is 12.4 Å². The van der Waals surface area contributed by atoms with Crippen LogP contribution >= 0.6 is 0 Å². The lowest BCUT2D eigenvalue weighted by Gasteiger charge is -2.09. The highest BCUT2D eigenvalue weighted by Gasteiger charge is 2.15. The number of hydrogen-bond acceptors (Lipinski definition) is 5. The van der Waals surface area contributed by atoms with E-state index in [-0.39, 0.29) is 11.7 Å². The Hall–Kier alpha value is -3.55. The highest BCUT2D eigenvalue weighted by Crippen LogP contribution is 2.29. The molecule has 31 heavy (non-hydrogen) atoms. The molecule has 3 heterocycles. The highest BCUT2D eigenvalue weighted by molar-refractivity contribution is 5.79. The van der Waals surface area contributed by atoms with Crippen molar-refractivity contribution in [3.8, 4) is 22.5 Å². The minimum Gasteiger partial charge on any atom is -0.296 e. The van der Waals surface area contributed by atoms with Crippen LogP contribution in [0.3, 0.4) is 0 Å². The first-order chi connectivity index (χ1) is 15.1. The maximum Gasteiger partial charge on any atom is 0.328 e. The van der Waals surface area contributed by atoms with Gasteiger partial charge in [-0.2, -0.15) is 0 Å². The van der Waals surface area contributed by atoms with Crippen molar-refractivity contribution in [2.45, 2.75) is 52.6 Å². The fourth-order valence-corrected chi connectivity index (χ4v) is 3.70. The number of nitrogens with one attached hydrogen (secondary N) is 1. The number of aryl methyl sites for hydroxylation is 1. The quantitative estimate of drug-likeness (QED) is 0.470. The van der Waals surface area contributed by atoms with E-state index < -0.39 is 0 Å². The van der Waals surface area contributed by atoms with Gasteiger partial charge in [0.05, 0.1) is 12.2 Å². The van der Waals surface area contributed by atoms with Crippen molar-refractivity contribution < 1.29 is 0 Å². The summed E-state index contributed by atoms with van der Waals surface area (Å²) in [6.45, 7) is 6.69. The second kappa shape index (κ2) is 9.07. The van der Waals surface area contributed by atoms with Gasteiger partial charge in [-0.25, -0.2) is 9.89 Å². The van der Waals surface area contributed by atoms with Gasteiger partial charge in [0.2, 0.25) is 0 Å². The zero-order chi connectivity index (χ0) is 21.8. The number of H-pyrrole nitrogens is 1. The number of pyridine rings is 1. The van der Waals surface area contributed by atoms with Crippen LogP contribution in [0.5, 0.6) is 0 Å². The number of hydrogen-bond donors (Lipinski definition) is 1. The van der Waals surface area contributed by atoms with E-state index in [9.17, 15) is 4.79 Å². The Balaban J connectivity index is 1.63. The van der Waals surface area contributed by atoms with Crippen molar-refractivity contribution in [1.29, 1.82) is 0 Å². The van der Waals surface area contributed by atoms with E-state index in [2.05, 4.69) is 32.5 Å². The Morgan fingerprint density at radius 2 is 1.90 bits per heavy atom. The molecule has 0 aliphatic rings. The zero-order valence-electron chi connectivity index (χ0n) is 18.1. The SMILES string of the molecule is CCCCc1cn(C(C)C)c(=O)n1Cc1ccc(-c2ccccc2-c2nnn[nH]2)cn1. The number of aromatic amines is 1. The second-order valence-electron chi connectivity index (χ2n) is 7.93. The van der Waals surface area contributed by atoms with Gasteiger partial charge in [0.25, 0.3) is 0 Å². The number of rotatable bonds is 8. The third-order valence-electron chi connectivity index (χ3n) is 5.41. The minimum atomic E-state index is 0.0233. The van der Waals surface area contributed by atoms with Crippen LogP contribution in [0.4, 0.5) is 0 Å². The smallest absolute Gasteiger partial charge is 0.296 e. The third kappa shape index (κ3) is 4.33. The fraction of sp³-hybridized carbons (Fsp3) is 0.348. The number of aromatic nitrogens is 7. The molecule has 0 spiro atoms. The lowest BCUT2D eigenvalue weighted by Crippen LogP contribution is -2.26. The molecule has 0 amide bonds. The van der Waals surface area contributed by atoms with Crippen LogP contribution in [0.2, 0.25) is 0 Å². The Bertz CT molecular complexity index is 1190. The van der Waals surface area contributed by atoms with Crippen LogP contribution in [-0.4, -0.2) is 34.7 Å². The summed E-state index contributed by atoms with van der Waals surface area (Å²) < 4.78 is 3.66. The molecule has 0 atom stereocenters. The van der Waals surface area contributed by atoms with Gasteiger partial charge < -0.3 is 0 Å². The molecule has 0 saturated heterocycles. The molecule has 8 nitrogen and oxygen atoms in total. The second-order valence-corrected chi connectivity index (χ2v) is 7.93. The van der Waals surface area contributed by atoms with Crippen LogP contribution in [0.15, 0.2) is 53.6 Å². The first-order valence-electron chi connectivity index (χ1n) is 10.7. The van der Waals surface area contributed by atoms with Crippen LogP contribution in [0.1, 0.15) is 51.0 Å². The predicted molar refractivity (Wildman–Crippen MR) is 120 cm³/mol. The maximum absolute atomic E-state index is 12.9. The molecule has 4 aromatic rings. The first-order valence-corrected chi connectivity index (χ1v) is 10.7. The van der Waals surface area contributed by atoms with Gasteiger partial charge in [0.1, 0.15) is 0 Å². The summed E-state index contributed by atoms with van der Waals surface area (Å²) in [5.41, 5.74) is 4.81. The number of nitrogens with zero attached hydrogens (tertiary/aromatic N) is 6. The Labute approximate surface area is 181 Å². The molecular formula is C23H27N7O. The number of tetrazole rings is 1. The van der Waals surface area contributed by atoms with E-state index in [1.54, 1.807) is 4.57 Å². The first kappa shape index (κ1) is 20.7. The van der Waals surface area contributed by atoms with Crippen LogP contribution in [0, 0.1) is 0 Å². The van der Waals surface area contributed by atoms with Crippen molar-refractivity contribution in [2.75, 3.05) is 0 Å². The average Bonchev–Trinajstić information content (AvgIpc) is 3.42. The molecule has 160 valence electrons. The Morgan fingerprint density at radius 3 is 2.55 bits per heavy atom. The Morgan fingerprint density at radius 1 is 1.10 bits per heavy atom. The molecule has 1 aromatic carbocycles. The predicted octanol–water partition coefficient (Wildman–Crippen LogP) is 3.86. The van der Waals surface area contributed by atoms with E-state index in [1.165, 1.54) is 0 Å². The van der Waals surface area contributed by atoms with E-state index in [1.807, 2.05) is 67.2 Å². The van der Waals surface area contributed by atoms with E-state index in [0.717, 1.165) is 47.3 Å². The average molecular weight is 418 g/mol. The zero-order valence-corrected chi connectivity index (χ0v) is 18.1. The van der Waals surface area contributed by atoms with Crippen molar-refractivity contribution in [2.24, 2.45) is 0 Å². The molecule has 0 bridgehead atoms. The monoisotopic (exact) mass is 417 g/mol.